The fourth-order valence-electron chi connectivity index (χ4n) is 1.98. The molecule has 15 heavy (non-hydrogen) atoms. The molecule has 2 aromatic rings. The van der Waals surface area contributed by atoms with Crippen molar-refractivity contribution in [1.29, 1.82) is 0 Å². The molecule has 0 saturated heterocycles. The lowest BCUT2D eigenvalue weighted by molar-refractivity contribution is 0.532. The summed E-state index contributed by atoms with van der Waals surface area (Å²) >= 11 is 0. The van der Waals surface area contributed by atoms with Gasteiger partial charge in [0, 0.05) is 11.7 Å². The Hall–Kier alpha value is -1.51. The quantitative estimate of drug-likeness (QED) is 0.763. The number of aryl methyl sites for hydroxylation is 1. The molecule has 0 fully saturated rings. The number of hydrogen-bond donors (Lipinski definition) is 1. The third kappa shape index (κ3) is 1.58. The maximum absolute atomic E-state index is 5.74. The topological polar surface area (TPSA) is 43.8 Å². The molecule has 3 heteroatoms. The minimum atomic E-state index is 0.485. The number of fused-ring (bicyclic) bond motifs is 1. The van der Waals surface area contributed by atoms with E-state index in [0.717, 1.165) is 23.4 Å². The average molecular weight is 203 g/mol. The molecule has 1 heterocycles. The van der Waals surface area contributed by atoms with Gasteiger partial charge in [-0.3, -0.25) is 0 Å². The van der Waals surface area contributed by atoms with Crippen molar-refractivity contribution in [1.82, 2.24) is 9.55 Å². The van der Waals surface area contributed by atoms with E-state index in [0.29, 0.717) is 6.04 Å². The van der Waals surface area contributed by atoms with Crippen molar-refractivity contribution in [2.24, 2.45) is 0 Å². The van der Waals surface area contributed by atoms with E-state index in [1.54, 1.807) is 0 Å². The molecule has 0 radical (unpaired) electrons. The van der Waals surface area contributed by atoms with Crippen LogP contribution >= 0.6 is 0 Å². The van der Waals surface area contributed by atoms with Gasteiger partial charge in [-0.25, -0.2) is 4.98 Å². The molecule has 80 valence electrons. The lowest BCUT2D eigenvalue weighted by Gasteiger charge is -2.13. The largest absolute Gasteiger partial charge is 0.399 e. The summed E-state index contributed by atoms with van der Waals surface area (Å²) in [6.45, 7) is 6.44. The lowest BCUT2D eigenvalue weighted by atomic mass is 10.2. The first-order chi connectivity index (χ1) is 7.13. The van der Waals surface area contributed by atoms with Gasteiger partial charge in [0.2, 0.25) is 0 Å². The fraction of sp³-hybridized carbons (Fsp3) is 0.417. The van der Waals surface area contributed by atoms with Gasteiger partial charge < -0.3 is 10.3 Å². The van der Waals surface area contributed by atoms with Crippen molar-refractivity contribution in [2.45, 2.75) is 33.2 Å². The molecule has 0 aliphatic heterocycles. The van der Waals surface area contributed by atoms with Crippen LogP contribution in [0.5, 0.6) is 0 Å². The first kappa shape index (κ1) is 10.0. The van der Waals surface area contributed by atoms with E-state index in [1.165, 1.54) is 5.52 Å². The monoisotopic (exact) mass is 203 g/mol. The number of rotatable bonds is 2. The number of imidazole rings is 1. The fourth-order valence-corrected chi connectivity index (χ4v) is 1.98. The standard InChI is InChI=1S/C12H17N3/c1-4-8(2)15-9(3)14-11-7-10(13)5-6-12(11)15/h5-8H,4,13H2,1-3H3/t8-/m1/s1. The molecule has 0 aliphatic carbocycles. The number of nitrogens with zero attached hydrogens (tertiary/aromatic N) is 2. The van der Waals surface area contributed by atoms with Crippen molar-refractivity contribution in [3.8, 4) is 0 Å². The Bertz CT molecular complexity index is 485. The highest BCUT2D eigenvalue weighted by molar-refractivity contribution is 5.79. The molecule has 0 aliphatic rings. The normalized spacial score (nSPS) is 13.3. The van der Waals surface area contributed by atoms with Crippen LogP contribution in [-0.2, 0) is 0 Å². The predicted octanol–water partition coefficient (Wildman–Crippen LogP) is 2.90. The third-order valence-corrected chi connectivity index (χ3v) is 2.92. The van der Waals surface area contributed by atoms with Crippen LogP contribution in [0.4, 0.5) is 5.69 Å². The molecule has 0 saturated carbocycles. The number of aromatic nitrogens is 2. The van der Waals surface area contributed by atoms with E-state index in [1.807, 2.05) is 19.1 Å². The summed E-state index contributed by atoms with van der Waals surface area (Å²) in [6, 6.07) is 6.40. The Morgan fingerprint density at radius 3 is 2.87 bits per heavy atom. The van der Waals surface area contributed by atoms with Crippen LogP contribution in [0.25, 0.3) is 11.0 Å². The number of nitrogen functional groups attached to an aromatic ring is 1. The Morgan fingerprint density at radius 2 is 2.20 bits per heavy atom. The second-order valence-corrected chi connectivity index (χ2v) is 4.03. The van der Waals surface area contributed by atoms with Gasteiger partial charge in [-0.2, -0.15) is 0 Å². The zero-order chi connectivity index (χ0) is 11.0. The van der Waals surface area contributed by atoms with Gasteiger partial charge in [0.05, 0.1) is 11.0 Å². The highest BCUT2D eigenvalue weighted by Gasteiger charge is 2.11. The summed E-state index contributed by atoms with van der Waals surface area (Å²) in [6.07, 6.45) is 1.11. The molecule has 0 spiro atoms. The molecule has 1 aromatic heterocycles. The summed E-state index contributed by atoms with van der Waals surface area (Å²) in [5.41, 5.74) is 8.69. The number of nitrogens with two attached hydrogens (primary N) is 1. The van der Waals surface area contributed by atoms with Gasteiger partial charge in [-0.15, -0.1) is 0 Å². The molecule has 0 bridgehead atoms. The van der Waals surface area contributed by atoms with E-state index in [-0.39, 0.29) is 0 Å². The summed E-state index contributed by atoms with van der Waals surface area (Å²) in [5, 5.41) is 0. The van der Waals surface area contributed by atoms with Gasteiger partial charge >= 0.3 is 0 Å². The van der Waals surface area contributed by atoms with Crippen molar-refractivity contribution < 1.29 is 0 Å². The van der Waals surface area contributed by atoms with Crippen LogP contribution in [0, 0.1) is 6.92 Å². The summed E-state index contributed by atoms with van der Waals surface area (Å²) in [7, 11) is 0. The van der Waals surface area contributed by atoms with Gasteiger partial charge in [0.25, 0.3) is 0 Å². The summed E-state index contributed by atoms with van der Waals surface area (Å²) in [4.78, 5) is 4.53. The lowest BCUT2D eigenvalue weighted by Crippen LogP contribution is -2.05. The van der Waals surface area contributed by atoms with E-state index in [9.17, 15) is 0 Å². The van der Waals surface area contributed by atoms with Gasteiger partial charge in [-0.05, 0) is 38.5 Å². The van der Waals surface area contributed by atoms with E-state index in [4.69, 9.17) is 5.73 Å². The molecule has 2 rings (SSSR count). The Labute approximate surface area is 89.9 Å². The Kier molecular flexibility index (Phi) is 2.39. The van der Waals surface area contributed by atoms with Gasteiger partial charge in [0.15, 0.2) is 0 Å². The van der Waals surface area contributed by atoms with E-state index >= 15 is 0 Å². The molecular formula is C12H17N3. The highest BCUT2D eigenvalue weighted by Crippen LogP contribution is 2.23. The maximum atomic E-state index is 5.74. The second-order valence-electron chi connectivity index (χ2n) is 4.03. The summed E-state index contributed by atoms with van der Waals surface area (Å²) in [5.74, 6) is 1.06. The predicted molar refractivity (Wildman–Crippen MR) is 63.9 cm³/mol. The van der Waals surface area contributed by atoms with E-state index < -0.39 is 0 Å². The van der Waals surface area contributed by atoms with Gasteiger partial charge in [0.1, 0.15) is 5.82 Å². The van der Waals surface area contributed by atoms with Gasteiger partial charge in [-0.1, -0.05) is 6.92 Å². The first-order valence-electron chi connectivity index (χ1n) is 5.37. The van der Waals surface area contributed by atoms with Crippen LogP contribution in [0.1, 0.15) is 32.1 Å². The van der Waals surface area contributed by atoms with Crippen LogP contribution in [0.15, 0.2) is 18.2 Å². The van der Waals surface area contributed by atoms with Crippen molar-refractivity contribution in [2.75, 3.05) is 5.73 Å². The molecule has 2 N–H and O–H groups in total. The maximum Gasteiger partial charge on any atom is 0.106 e. The van der Waals surface area contributed by atoms with E-state index in [2.05, 4.69) is 29.5 Å². The van der Waals surface area contributed by atoms with Crippen molar-refractivity contribution >= 4 is 16.7 Å². The molecule has 0 unspecified atom stereocenters. The van der Waals surface area contributed by atoms with Crippen molar-refractivity contribution in [3.63, 3.8) is 0 Å². The Morgan fingerprint density at radius 1 is 1.47 bits per heavy atom. The highest BCUT2D eigenvalue weighted by atomic mass is 15.1. The van der Waals surface area contributed by atoms with Crippen LogP contribution < -0.4 is 5.73 Å². The number of anilines is 1. The SMILES string of the molecule is CC[C@@H](C)n1c(C)nc2cc(N)ccc21. The van der Waals surface area contributed by atoms with Crippen LogP contribution in [0.2, 0.25) is 0 Å². The molecule has 3 nitrogen and oxygen atoms in total. The second kappa shape index (κ2) is 3.57. The molecule has 0 amide bonds. The van der Waals surface area contributed by atoms with Crippen LogP contribution in [0.3, 0.4) is 0 Å². The average Bonchev–Trinajstić information content (AvgIpc) is 2.52. The third-order valence-electron chi connectivity index (χ3n) is 2.92. The number of hydrogen-bond acceptors (Lipinski definition) is 2. The summed E-state index contributed by atoms with van der Waals surface area (Å²) < 4.78 is 2.27. The van der Waals surface area contributed by atoms with Crippen LogP contribution in [-0.4, -0.2) is 9.55 Å². The molecule has 1 aromatic carbocycles. The Balaban J connectivity index is 2.68. The smallest absolute Gasteiger partial charge is 0.106 e. The number of benzene rings is 1. The molecular weight excluding hydrogens is 186 g/mol. The van der Waals surface area contributed by atoms with Crippen molar-refractivity contribution in [3.05, 3.63) is 24.0 Å². The molecule has 1 atom stereocenters. The zero-order valence-corrected chi connectivity index (χ0v) is 9.49. The minimum Gasteiger partial charge on any atom is -0.399 e. The zero-order valence-electron chi connectivity index (χ0n) is 9.49. The first-order valence-corrected chi connectivity index (χ1v) is 5.37. The minimum absolute atomic E-state index is 0.485.